The summed E-state index contributed by atoms with van der Waals surface area (Å²) in [7, 11) is 0. The molecule has 1 amide bonds. The topological polar surface area (TPSA) is 57.6 Å². The molecule has 0 spiro atoms. The van der Waals surface area contributed by atoms with E-state index in [0.29, 0.717) is 0 Å². The first kappa shape index (κ1) is 11.9. The Hall–Kier alpha value is -1.62. The molecule has 1 aromatic rings. The molecule has 0 radical (unpaired) electrons. The molecule has 0 aromatic heterocycles. The molecule has 0 aliphatic carbocycles. The number of benzene rings is 1. The molecule has 1 heterocycles. The minimum absolute atomic E-state index is 0.209. The monoisotopic (exact) mass is 257 g/mol. The van der Waals surface area contributed by atoms with Crippen molar-refractivity contribution in [3.63, 3.8) is 0 Å². The molecule has 4 nitrogen and oxygen atoms in total. The van der Waals surface area contributed by atoms with Crippen LogP contribution in [0.3, 0.4) is 0 Å². The van der Waals surface area contributed by atoms with Crippen molar-refractivity contribution in [3.8, 4) is 0 Å². The number of amides is 1. The molecule has 17 heavy (non-hydrogen) atoms. The van der Waals surface area contributed by atoms with Gasteiger partial charge in [0.05, 0.1) is 10.7 Å². The minimum Gasteiger partial charge on any atom is -0.481 e. The molecule has 1 saturated heterocycles. The van der Waals surface area contributed by atoms with E-state index >= 15 is 0 Å². The zero-order valence-electron chi connectivity index (χ0n) is 8.69. The average Bonchev–Trinajstić information content (AvgIpc) is 2.64. The summed E-state index contributed by atoms with van der Waals surface area (Å²) in [6.07, 6.45) is 0.209. The Kier molecular flexibility index (Phi) is 3.02. The van der Waals surface area contributed by atoms with E-state index in [1.54, 1.807) is 0 Å². The van der Waals surface area contributed by atoms with E-state index in [-0.39, 0.29) is 23.7 Å². The molecule has 0 bridgehead atoms. The third-order valence-electron chi connectivity index (χ3n) is 2.70. The lowest BCUT2D eigenvalue weighted by Crippen LogP contribution is -2.30. The molecule has 1 aliphatic rings. The van der Waals surface area contributed by atoms with Gasteiger partial charge in [-0.05, 0) is 24.6 Å². The standard InChI is InChI=1S/C11H9ClFNO3/c12-8-2-1-6(13)5-9(8)14-4-3-7(10(14)15)11(16)17/h1-2,5,7H,3-4H2,(H,16,17). The molecule has 1 unspecified atom stereocenters. The molecular weight excluding hydrogens is 249 g/mol. The number of rotatable bonds is 2. The summed E-state index contributed by atoms with van der Waals surface area (Å²) < 4.78 is 13.1. The van der Waals surface area contributed by atoms with Crippen molar-refractivity contribution in [3.05, 3.63) is 29.0 Å². The van der Waals surface area contributed by atoms with Crippen molar-refractivity contribution in [2.45, 2.75) is 6.42 Å². The van der Waals surface area contributed by atoms with Gasteiger partial charge in [-0.25, -0.2) is 4.39 Å². The molecule has 1 atom stereocenters. The number of hydrogen-bond donors (Lipinski definition) is 1. The number of carboxylic acid groups (broad SMARTS) is 1. The van der Waals surface area contributed by atoms with Gasteiger partial charge in [0.25, 0.3) is 0 Å². The van der Waals surface area contributed by atoms with Gasteiger partial charge >= 0.3 is 5.97 Å². The number of carbonyl (C=O) groups is 2. The van der Waals surface area contributed by atoms with Gasteiger partial charge < -0.3 is 10.0 Å². The summed E-state index contributed by atoms with van der Waals surface area (Å²) in [5.74, 6) is -3.29. The van der Waals surface area contributed by atoms with Gasteiger partial charge in [-0.3, -0.25) is 9.59 Å². The number of hydrogen-bond acceptors (Lipinski definition) is 2. The van der Waals surface area contributed by atoms with Crippen LogP contribution in [0.4, 0.5) is 10.1 Å². The van der Waals surface area contributed by atoms with E-state index in [0.717, 1.165) is 6.07 Å². The summed E-state index contributed by atoms with van der Waals surface area (Å²) >= 11 is 5.86. The highest BCUT2D eigenvalue weighted by atomic mass is 35.5. The van der Waals surface area contributed by atoms with E-state index in [1.807, 2.05) is 0 Å². The second-order valence-electron chi connectivity index (χ2n) is 3.77. The van der Waals surface area contributed by atoms with Crippen molar-refractivity contribution in [1.29, 1.82) is 0 Å². The highest BCUT2D eigenvalue weighted by Crippen LogP contribution is 2.31. The molecule has 1 aliphatic heterocycles. The fraction of sp³-hybridized carbons (Fsp3) is 0.273. The molecule has 0 saturated carbocycles. The minimum atomic E-state index is -1.16. The molecule has 6 heteroatoms. The van der Waals surface area contributed by atoms with Gasteiger partial charge in [-0.15, -0.1) is 0 Å². The van der Waals surface area contributed by atoms with Crippen LogP contribution in [0.15, 0.2) is 18.2 Å². The van der Waals surface area contributed by atoms with E-state index in [9.17, 15) is 14.0 Å². The van der Waals surface area contributed by atoms with Gasteiger partial charge in [0.1, 0.15) is 11.7 Å². The SMILES string of the molecule is O=C(O)C1CCN(c2cc(F)ccc2Cl)C1=O. The van der Waals surface area contributed by atoms with Crippen LogP contribution in [-0.2, 0) is 9.59 Å². The molecule has 1 aromatic carbocycles. The summed E-state index contributed by atoms with van der Waals surface area (Å²) in [5.41, 5.74) is 0.223. The van der Waals surface area contributed by atoms with E-state index in [4.69, 9.17) is 16.7 Å². The fourth-order valence-electron chi connectivity index (χ4n) is 1.84. The average molecular weight is 258 g/mol. The first-order chi connectivity index (χ1) is 8.00. The van der Waals surface area contributed by atoms with Gasteiger partial charge in [-0.1, -0.05) is 11.6 Å². The molecule has 1 fully saturated rings. The van der Waals surface area contributed by atoms with Crippen LogP contribution in [0.25, 0.3) is 0 Å². The molecular formula is C11H9ClFNO3. The van der Waals surface area contributed by atoms with Crippen LogP contribution < -0.4 is 4.90 Å². The third-order valence-corrected chi connectivity index (χ3v) is 3.02. The van der Waals surface area contributed by atoms with Gasteiger partial charge in [0.2, 0.25) is 5.91 Å². The van der Waals surface area contributed by atoms with Crippen LogP contribution in [-0.4, -0.2) is 23.5 Å². The Labute approximate surface area is 102 Å². The van der Waals surface area contributed by atoms with Gasteiger partial charge in [0, 0.05) is 6.54 Å². The maximum atomic E-state index is 13.1. The second kappa shape index (κ2) is 4.33. The quantitative estimate of drug-likeness (QED) is 0.824. The number of carbonyl (C=O) groups excluding carboxylic acids is 1. The Morgan fingerprint density at radius 3 is 2.82 bits per heavy atom. The van der Waals surface area contributed by atoms with Crippen molar-refractivity contribution >= 4 is 29.2 Å². The van der Waals surface area contributed by atoms with E-state index in [2.05, 4.69) is 0 Å². The van der Waals surface area contributed by atoms with Crippen molar-refractivity contribution in [2.24, 2.45) is 5.92 Å². The van der Waals surface area contributed by atoms with Crippen molar-refractivity contribution in [1.82, 2.24) is 0 Å². The summed E-state index contributed by atoms with van der Waals surface area (Å²) in [6, 6.07) is 3.65. The number of anilines is 1. The zero-order valence-corrected chi connectivity index (χ0v) is 9.45. The highest BCUT2D eigenvalue weighted by Gasteiger charge is 2.38. The first-order valence-corrected chi connectivity index (χ1v) is 5.37. The van der Waals surface area contributed by atoms with Crippen LogP contribution in [0.1, 0.15) is 6.42 Å². The number of carboxylic acids is 1. The lowest BCUT2D eigenvalue weighted by Gasteiger charge is -2.17. The van der Waals surface area contributed by atoms with Crippen molar-refractivity contribution < 1.29 is 19.1 Å². The Bertz CT molecular complexity index is 492. The lowest BCUT2D eigenvalue weighted by molar-refractivity contribution is -0.144. The predicted octanol–water partition coefficient (Wildman–Crippen LogP) is 1.92. The third kappa shape index (κ3) is 2.10. The Morgan fingerprint density at radius 1 is 1.53 bits per heavy atom. The maximum absolute atomic E-state index is 13.1. The van der Waals surface area contributed by atoms with Crippen LogP contribution in [0, 0.1) is 11.7 Å². The summed E-state index contributed by atoms with van der Waals surface area (Å²) in [5, 5.41) is 9.05. The number of aliphatic carboxylic acids is 1. The van der Waals surface area contributed by atoms with E-state index in [1.165, 1.54) is 17.0 Å². The van der Waals surface area contributed by atoms with Gasteiger partial charge in [0.15, 0.2) is 0 Å². The largest absolute Gasteiger partial charge is 0.481 e. The van der Waals surface area contributed by atoms with Crippen LogP contribution in [0.2, 0.25) is 5.02 Å². The smallest absolute Gasteiger partial charge is 0.316 e. The molecule has 1 N–H and O–H groups in total. The van der Waals surface area contributed by atoms with Crippen molar-refractivity contribution in [2.75, 3.05) is 11.4 Å². The molecule has 2 rings (SSSR count). The number of halogens is 2. The highest BCUT2D eigenvalue weighted by molar-refractivity contribution is 6.34. The summed E-state index contributed by atoms with van der Waals surface area (Å²) in [4.78, 5) is 23.8. The zero-order chi connectivity index (χ0) is 12.6. The van der Waals surface area contributed by atoms with Crippen LogP contribution in [0.5, 0.6) is 0 Å². The van der Waals surface area contributed by atoms with E-state index < -0.39 is 23.6 Å². The Morgan fingerprint density at radius 2 is 2.24 bits per heavy atom. The van der Waals surface area contributed by atoms with Gasteiger partial charge in [-0.2, -0.15) is 0 Å². The predicted molar refractivity (Wildman–Crippen MR) is 59.5 cm³/mol. The lowest BCUT2D eigenvalue weighted by atomic mass is 10.1. The Balaban J connectivity index is 2.33. The second-order valence-corrected chi connectivity index (χ2v) is 4.17. The van der Waals surface area contributed by atoms with Crippen LogP contribution >= 0.6 is 11.6 Å². The first-order valence-electron chi connectivity index (χ1n) is 5.00. The summed E-state index contributed by atoms with van der Waals surface area (Å²) in [6.45, 7) is 0.235. The number of nitrogens with zero attached hydrogens (tertiary/aromatic N) is 1. The normalized spacial score (nSPS) is 19.8. The fourth-order valence-corrected chi connectivity index (χ4v) is 2.06. The molecule has 90 valence electrons. The maximum Gasteiger partial charge on any atom is 0.316 e.